The molecule has 0 saturated heterocycles. The summed E-state index contributed by atoms with van der Waals surface area (Å²) >= 11 is 0. The molecule has 0 radical (unpaired) electrons. The number of rotatable bonds is 10. The first-order valence-electron chi connectivity index (χ1n) is 7.24. The van der Waals surface area contributed by atoms with Crippen molar-refractivity contribution in [1.29, 1.82) is 0 Å². The highest BCUT2D eigenvalue weighted by molar-refractivity contribution is 5.69. The maximum absolute atomic E-state index is 11.9. The minimum Gasteiger partial charge on any atom is -0.488 e. The number of carbonyl (C=O) groups is 1. The van der Waals surface area contributed by atoms with Crippen LogP contribution in [0.2, 0.25) is 0 Å². The van der Waals surface area contributed by atoms with Gasteiger partial charge in [-0.2, -0.15) is 0 Å². The summed E-state index contributed by atoms with van der Waals surface area (Å²) < 4.78 is 16.8. The number of hydrogen-bond donors (Lipinski definition) is 0. The van der Waals surface area contributed by atoms with Gasteiger partial charge in [-0.15, -0.1) is 0 Å². The number of ether oxygens (including phenoxy) is 3. The molecule has 0 saturated carbocycles. The third-order valence-electron chi connectivity index (χ3n) is 2.72. The van der Waals surface area contributed by atoms with E-state index in [1.165, 1.54) is 10.8 Å². The normalized spacial score (nSPS) is 10.4. The predicted octanol–water partition coefficient (Wildman–Crippen LogP) is 1.61. The molecule has 1 rings (SSSR count). The fraction of sp³-hybridized carbons (Fsp3) is 0.600. The number of nitrogens with zero attached hydrogens (tertiary/aromatic N) is 1. The smallest absolute Gasteiger partial charge is 0.326 e. The van der Waals surface area contributed by atoms with Gasteiger partial charge in [-0.05, 0) is 25.5 Å². The predicted molar refractivity (Wildman–Crippen MR) is 78.6 cm³/mol. The first-order valence-corrected chi connectivity index (χ1v) is 7.24. The van der Waals surface area contributed by atoms with Crippen LogP contribution >= 0.6 is 0 Å². The average Bonchev–Trinajstić information content (AvgIpc) is 2.47. The van der Waals surface area contributed by atoms with E-state index in [4.69, 9.17) is 14.2 Å². The van der Waals surface area contributed by atoms with Crippen molar-refractivity contribution in [3.05, 3.63) is 28.7 Å². The zero-order valence-corrected chi connectivity index (χ0v) is 12.7. The summed E-state index contributed by atoms with van der Waals surface area (Å²) in [5.41, 5.74) is -0.338. The van der Waals surface area contributed by atoms with E-state index < -0.39 is 5.97 Å². The van der Waals surface area contributed by atoms with Crippen LogP contribution in [0, 0.1) is 0 Å². The molecule has 118 valence electrons. The molecule has 6 nitrogen and oxygen atoms in total. The van der Waals surface area contributed by atoms with Crippen LogP contribution in [0.5, 0.6) is 5.75 Å². The molecule has 21 heavy (non-hydrogen) atoms. The van der Waals surface area contributed by atoms with E-state index in [0.717, 1.165) is 12.8 Å². The lowest BCUT2D eigenvalue weighted by Gasteiger charge is -2.09. The molecular weight excluding hydrogens is 274 g/mol. The Bertz CT molecular complexity index is 483. The number of pyridine rings is 1. The molecule has 0 bridgehead atoms. The number of carbonyl (C=O) groups excluding carboxylic acids is 1. The average molecular weight is 297 g/mol. The van der Waals surface area contributed by atoms with Gasteiger partial charge in [-0.25, -0.2) is 0 Å². The SMILES string of the molecule is CCCCOCCOC(=O)Cn1cccc(OCC)c1=O. The van der Waals surface area contributed by atoms with Crippen LogP contribution in [-0.2, 0) is 20.8 Å². The second-order valence-corrected chi connectivity index (χ2v) is 4.42. The summed E-state index contributed by atoms with van der Waals surface area (Å²) in [7, 11) is 0. The van der Waals surface area contributed by atoms with Crippen molar-refractivity contribution in [1.82, 2.24) is 4.57 Å². The number of hydrogen-bond acceptors (Lipinski definition) is 5. The highest BCUT2D eigenvalue weighted by Crippen LogP contribution is 2.01. The lowest BCUT2D eigenvalue weighted by molar-refractivity contribution is -0.146. The van der Waals surface area contributed by atoms with E-state index in [-0.39, 0.29) is 24.5 Å². The lowest BCUT2D eigenvalue weighted by Crippen LogP contribution is -2.26. The van der Waals surface area contributed by atoms with E-state index >= 15 is 0 Å². The summed E-state index contributed by atoms with van der Waals surface area (Å²) in [6.45, 7) is 5.39. The molecule has 0 aliphatic carbocycles. The van der Waals surface area contributed by atoms with Gasteiger partial charge in [0.15, 0.2) is 5.75 Å². The summed E-state index contributed by atoms with van der Waals surface area (Å²) in [4.78, 5) is 23.6. The zero-order valence-electron chi connectivity index (χ0n) is 12.7. The Morgan fingerprint density at radius 3 is 2.76 bits per heavy atom. The molecule has 1 heterocycles. The number of unbranched alkanes of at least 4 members (excludes halogenated alkanes) is 1. The molecule has 0 fully saturated rings. The molecule has 0 aromatic carbocycles. The Morgan fingerprint density at radius 1 is 1.24 bits per heavy atom. The molecule has 0 aliphatic heterocycles. The van der Waals surface area contributed by atoms with Crippen LogP contribution in [0.3, 0.4) is 0 Å². The Balaban J connectivity index is 2.38. The van der Waals surface area contributed by atoms with Gasteiger partial charge in [0.2, 0.25) is 0 Å². The van der Waals surface area contributed by atoms with Crippen molar-refractivity contribution < 1.29 is 19.0 Å². The monoisotopic (exact) mass is 297 g/mol. The molecule has 1 aromatic heterocycles. The number of esters is 1. The van der Waals surface area contributed by atoms with E-state index in [9.17, 15) is 9.59 Å². The van der Waals surface area contributed by atoms with Gasteiger partial charge in [0.1, 0.15) is 13.2 Å². The van der Waals surface area contributed by atoms with Crippen LogP contribution in [0.4, 0.5) is 0 Å². The minimum atomic E-state index is -0.468. The van der Waals surface area contributed by atoms with Crippen molar-refractivity contribution in [3.8, 4) is 5.75 Å². The molecule has 0 amide bonds. The van der Waals surface area contributed by atoms with Gasteiger partial charge in [-0.1, -0.05) is 13.3 Å². The second-order valence-electron chi connectivity index (χ2n) is 4.42. The van der Waals surface area contributed by atoms with Crippen molar-refractivity contribution in [2.24, 2.45) is 0 Å². The quantitative estimate of drug-likeness (QED) is 0.485. The highest BCUT2D eigenvalue weighted by atomic mass is 16.6. The van der Waals surface area contributed by atoms with Gasteiger partial charge in [0.25, 0.3) is 5.56 Å². The fourth-order valence-electron chi connectivity index (χ4n) is 1.65. The van der Waals surface area contributed by atoms with Gasteiger partial charge < -0.3 is 18.8 Å². The Hall–Kier alpha value is -1.82. The van der Waals surface area contributed by atoms with E-state index in [0.29, 0.717) is 19.8 Å². The third-order valence-corrected chi connectivity index (χ3v) is 2.72. The summed E-state index contributed by atoms with van der Waals surface area (Å²) in [6, 6.07) is 3.24. The van der Waals surface area contributed by atoms with Gasteiger partial charge in [-0.3, -0.25) is 9.59 Å². The van der Waals surface area contributed by atoms with Crippen molar-refractivity contribution >= 4 is 5.97 Å². The van der Waals surface area contributed by atoms with Gasteiger partial charge in [0.05, 0.1) is 13.2 Å². The fourth-order valence-corrected chi connectivity index (χ4v) is 1.65. The van der Waals surface area contributed by atoms with Crippen LogP contribution in [0.1, 0.15) is 26.7 Å². The molecule has 0 aliphatic rings. The summed E-state index contributed by atoms with van der Waals surface area (Å²) in [6.07, 6.45) is 3.59. The maximum Gasteiger partial charge on any atom is 0.326 e. The molecule has 6 heteroatoms. The molecule has 0 spiro atoms. The largest absolute Gasteiger partial charge is 0.488 e. The maximum atomic E-state index is 11.9. The Morgan fingerprint density at radius 2 is 2.05 bits per heavy atom. The van der Waals surface area contributed by atoms with Gasteiger partial charge >= 0.3 is 5.97 Å². The van der Waals surface area contributed by atoms with E-state index in [1.54, 1.807) is 19.1 Å². The van der Waals surface area contributed by atoms with Crippen molar-refractivity contribution in [2.75, 3.05) is 26.4 Å². The molecule has 1 aromatic rings. The first-order chi connectivity index (χ1) is 10.2. The van der Waals surface area contributed by atoms with Crippen LogP contribution in [-0.4, -0.2) is 37.0 Å². The van der Waals surface area contributed by atoms with Crippen LogP contribution < -0.4 is 10.3 Å². The van der Waals surface area contributed by atoms with Crippen LogP contribution in [0.25, 0.3) is 0 Å². The molecular formula is C15H23NO5. The summed E-state index contributed by atoms with van der Waals surface area (Å²) in [5, 5.41) is 0. The molecule has 0 atom stereocenters. The van der Waals surface area contributed by atoms with E-state index in [2.05, 4.69) is 6.92 Å². The molecule has 0 N–H and O–H groups in total. The second kappa shape index (κ2) is 9.99. The van der Waals surface area contributed by atoms with Crippen molar-refractivity contribution in [3.63, 3.8) is 0 Å². The Labute approximate surface area is 124 Å². The topological polar surface area (TPSA) is 66.8 Å². The Kier molecular flexibility index (Phi) is 8.19. The highest BCUT2D eigenvalue weighted by Gasteiger charge is 2.08. The van der Waals surface area contributed by atoms with Crippen LogP contribution in [0.15, 0.2) is 23.1 Å². The molecule has 0 unspecified atom stereocenters. The number of aromatic nitrogens is 1. The standard InChI is InChI=1S/C15H23NO5/c1-3-5-9-19-10-11-21-14(17)12-16-8-6-7-13(15(16)18)20-4-2/h6-8H,3-5,9-12H2,1-2H3. The van der Waals surface area contributed by atoms with Crippen molar-refractivity contribution in [2.45, 2.75) is 33.2 Å². The zero-order chi connectivity index (χ0) is 15.5. The minimum absolute atomic E-state index is 0.130. The first kappa shape index (κ1) is 17.2. The summed E-state index contributed by atoms with van der Waals surface area (Å²) in [5.74, 6) is -0.236. The lowest BCUT2D eigenvalue weighted by atomic mass is 10.4. The third kappa shape index (κ3) is 6.44. The van der Waals surface area contributed by atoms with E-state index in [1.807, 2.05) is 0 Å². The van der Waals surface area contributed by atoms with Gasteiger partial charge in [0, 0.05) is 12.8 Å².